The van der Waals surface area contributed by atoms with Crippen LogP contribution in [-0.4, -0.2) is 35.7 Å². The summed E-state index contributed by atoms with van der Waals surface area (Å²) in [6.45, 7) is 8.82. The number of carbonyl (C=O) groups is 1. The maximum Gasteiger partial charge on any atom is 0.263 e. The number of aromatic nitrogens is 1. The van der Waals surface area contributed by atoms with Gasteiger partial charge in [0.25, 0.3) is 5.91 Å². The lowest BCUT2D eigenvalue weighted by Crippen LogP contribution is -2.52. The molecule has 27 heavy (non-hydrogen) atoms. The number of ether oxygens (including phenoxy) is 2. The van der Waals surface area contributed by atoms with Gasteiger partial charge in [0.15, 0.2) is 5.60 Å². The van der Waals surface area contributed by atoms with Gasteiger partial charge in [-0.05, 0) is 69.0 Å². The molecule has 144 valence electrons. The average Bonchev–Trinajstić information content (AvgIpc) is 3.06. The number of nitrogens with zero attached hydrogens (tertiary/aromatic N) is 1. The number of carbonyl (C=O) groups excluding carboxylic acids is 1. The van der Waals surface area contributed by atoms with Crippen LogP contribution < -0.4 is 10.1 Å². The summed E-state index contributed by atoms with van der Waals surface area (Å²) < 4.78 is 11.7. The first-order valence-electron chi connectivity index (χ1n) is 9.39. The molecule has 0 bridgehead atoms. The molecule has 1 aliphatic rings. The van der Waals surface area contributed by atoms with E-state index in [4.69, 9.17) is 9.47 Å². The molecule has 0 unspecified atom stereocenters. The second-order valence-electron chi connectivity index (χ2n) is 7.75. The molecular formula is C22H28N2O3. The van der Waals surface area contributed by atoms with E-state index in [-0.39, 0.29) is 17.9 Å². The second kappa shape index (κ2) is 8.09. The van der Waals surface area contributed by atoms with Crippen molar-refractivity contribution in [2.24, 2.45) is 5.92 Å². The average molecular weight is 368 g/mol. The Morgan fingerprint density at radius 2 is 1.96 bits per heavy atom. The highest BCUT2D eigenvalue weighted by Crippen LogP contribution is 2.26. The molecule has 1 fully saturated rings. The predicted molar refractivity (Wildman–Crippen MR) is 105 cm³/mol. The largest absolute Gasteiger partial charge is 0.478 e. The Bertz CT molecular complexity index is 789. The molecule has 1 aliphatic heterocycles. The number of hydrogen-bond acceptors (Lipinski definition) is 4. The maximum atomic E-state index is 12.9. The maximum absolute atomic E-state index is 12.9. The highest BCUT2D eigenvalue weighted by molar-refractivity contribution is 5.85. The number of hydrogen-bond donors (Lipinski definition) is 1. The van der Waals surface area contributed by atoms with Crippen LogP contribution in [-0.2, 0) is 16.0 Å². The Hall–Kier alpha value is -2.40. The standard InChI is InChI=1S/C22H28N2O3/c1-15-6-5-7-20(16(15)2)27-22(3,4)21(25)24-19-14-26-13-18(19)12-17-8-10-23-11-9-17/h5-11,18-19H,12-14H2,1-4H3,(H,24,25)/t18-,19-/m1/s1. The van der Waals surface area contributed by atoms with Crippen molar-refractivity contribution in [1.29, 1.82) is 0 Å². The molecule has 2 aromatic rings. The minimum Gasteiger partial charge on any atom is -0.478 e. The van der Waals surface area contributed by atoms with Gasteiger partial charge in [0.2, 0.25) is 0 Å². The van der Waals surface area contributed by atoms with Crippen molar-refractivity contribution in [3.05, 3.63) is 59.4 Å². The van der Waals surface area contributed by atoms with Gasteiger partial charge in [-0.25, -0.2) is 0 Å². The molecule has 3 rings (SSSR count). The van der Waals surface area contributed by atoms with E-state index in [2.05, 4.69) is 10.3 Å². The van der Waals surface area contributed by atoms with Gasteiger partial charge in [-0.2, -0.15) is 0 Å². The van der Waals surface area contributed by atoms with Crippen molar-refractivity contribution in [2.75, 3.05) is 13.2 Å². The summed E-state index contributed by atoms with van der Waals surface area (Å²) in [5.74, 6) is 0.859. The lowest BCUT2D eigenvalue weighted by molar-refractivity contribution is -0.135. The minimum absolute atomic E-state index is 0.0212. The molecule has 0 aliphatic carbocycles. The molecule has 1 amide bonds. The molecule has 5 nitrogen and oxygen atoms in total. The van der Waals surface area contributed by atoms with Crippen molar-refractivity contribution in [3.63, 3.8) is 0 Å². The lowest BCUT2D eigenvalue weighted by atomic mass is 9.94. The Morgan fingerprint density at radius 3 is 2.70 bits per heavy atom. The molecule has 0 saturated carbocycles. The predicted octanol–water partition coefficient (Wildman–Crippen LogP) is 3.23. The Labute approximate surface area is 161 Å². The molecule has 0 radical (unpaired) electrons. The molecule has 2 atom stereocenters. The molecule has 1 saturated heterocycles. The van der Waals surface area contributed by atoms with E-state index in [1.165, 1.54) is 5.56 Å². The summed E-state index contributed by atoms with van der Waals surface area (Å²) in [6, 6.07) is 9.88. The molecule has 1 aromatic carbocycles. The van der Waals surface area contributed by atoms with Crippen LogP contribution in [0.15, 0.2) is 42.7 Å². The van der Waals surface area contributed by atoms with E-state index in [9.17, 15) is 4.79 Å². The van der Waals surface area contributed by atoms with E-state index in [0.29, 0.717) is 13.2 Å². The van der Waals surface area contributed by atoms with Gasteiger partial charge >= 0.3 is 0 Å². The fourth-order valence-electron chi connectivity index (χ4n) is 3.28. The number of benzene rings is 1. The third-order valence-electron chi connectivity index (χ3n) is 5.23. The van der Waals surface area contributed by atoms with Gasteiger partial charge in [0, 0.05) is 18.3 Å². The fourth-order valence-corrected chi connectivity index (χ4v) is 3.28. The molecule has 1 aromatic heterocycles. The molecular weight excluding hydrogens is 340 g/mol. The van der Waals surface area contributed by atoms with Crippen LogP contribution in [0.2, 0.25) is 0 Å². The van der Waals surface area contributed by atoms with E-state index in [0.717, 1.165) is 23.3 Å². The highest BCUT2D eigenvalue weighted by Gasteiger charge is 2.36. The SMILES string of the molecule is Cc1cccc(OC(C)(C)C(=O)N[C@@H]2COC[C@H]2Cc2ccncc2)c1C. The molecule has 0 spiro atoms. The second-order valence-corrected chi connectivity index (χ2v) is 7.75. The van der Waals surface area contributed by atoms with E-state index < -0.39 is 5.60 Å². The van der Waals surface area contributed by atoms with Gasteiger partial charge < -0.3 is 14.8 Å². The first-order valence-corrected chi connectivity index (χ1v) is 9.39. The summed E-state index contributed by atoms with van der Waals surface area (Å²) in [6.07, 6.45) is 4.44. The Balaban J connectivity index is 1.65. The van der Waals surface area contributed by atoms with Gasteiger partial charge in [0.05, 0.1) is 19.3 Å². The smallest absolute Gasteiger partial charge is 0.263 e. The molecule has 5 heteroatoms. The summed E-state index contributed by atoms with van der Waals surface area (Å²) in [5.41, 5.74) is 2.43. The summed E-state index contributed by atoms with van der Waals surface area (Å²) in [4.78, 5) is 17.0. The fraction of sp³-hybridized carbons (Fsp3) is 0.455. The zero-order valence-corrected chi connectivity index (χ0v) is 16.5. The minimum atomic E-state index is -0.970. The van der Waals surface area contributed by atoms with Crippen LogP contribution in [0.25, 0.3) is 0 Å². The first-order chi connectivity index (χ1) is 12.9. The van der Waals surface area contributed by atoms with Crippen molar-refractivity contribution in [1.82, 2.24) is 10.3 Å². The zero-order valence-electron chi connectivity index (χ0n) is 16.5. The van der Waals surface area contributed by atoms with Crippen molar-refractivity contribution < 1.29 is 14.3 Å². The zero-order chi connectivity index (χ0) is 19.4. The number of pyridine rings is 1. The van der Waals surface area contributed by atoms with Crippen LogP contribution in [0.1, 0.15) is 30.5 Å². The topological polar surface area (TPSA) is 60.5 Å². The van der Waals surface area contributed by atoms with Gasteiger partial charge in [-0.3, -0.25) is 9.78 Å². The van der Waals surface area contributed by atoms with E-state index in [1.807, 2.05) is 44.2 Å². The lowest BCUT2D eigenvalue weighted by Gasteiger charge is -2.29. The van der Waals surface area contributed by atoms with Crippen molar-refractivity contribution >= 4 is 5.91 Å². The number of rotatable bonds is 6. The number of nitrogens with one attached hydrogen (secondary N) is 1. The first kappa shape index (κ1) is 19.4. The van der Waals surface area contributed by atoms with Gasteiger partial charge in [-0.15, -0.1) is 0 Å². The highest BCUT2D eigenvalue weighted by atomic mass is 16.5. The van der Waals surface area contributed by atoms with Gasteiger partial charge in [-0.1, -0.05) is 12.1 Å². The Kier molecular flexibility index (Phi) is 5.80. The monoisotopic (exact) mass is 368 g/mol. The van der Waals surface area contributed by atoms with Crippen molar-refractivity contribution in [3.8, 4) is 5.75 Å². The molecule has 2 heterocycles. The van der Waals surface area contributed by atoms with Crippen LogP contribution in [0.5, 0.6) is 5.75 Å². The third kappa shape index (κ3) is 4.66. The third-order valence-corrected chi connectivity index (χ3v) is 5.23. The number of aryl methyl sites for hydroxylation is 1. The quantitative estimate of drug-likeness (QED) is 0.850. The normalized spacial score (nSPS) is 19.7. The van der Waals surface area contributed by atoms with E-state index >= 15 is 0 Å². The van der Waals surface area contributed by atoms with E-state index in [1.54, 1.807) is 26.2 Å². The van der Waals surface area contributed by atoms with Gasteiger partial charge in [0.1, 0.15) is 5.75 Å². The van der Waals surface area contributed by atoms with Crippen LogP contribution in [0, 0.1) is 19.8 Å². The van der Waals surface area contributed by atoms with Crippen LogP contribution in [0.4, 0.5) is 0 Å². The Morgan fingerprint density at radius 1 is 1.22 bits per heavy atom. The summed E-state index contributed by atoms with van der Waals surface area (Å²) in [5, 5.41) is 3.14. The summed E-state index contributed by atoms with van der Waals surface area (Å²) in [7, 11) is 0. The number of amides is 1. The summed E-state index contributed by atoms with van der Waals surface area (Å²) >= 11 is 0. The molecule has 1 N–H and O–H groups in total. The van der Waals surface area contributed by atoms with Crippen molar-refractivity contribution in [2.45, 2.75) is 45.8 Å². The van der Waals surface area contributed by atoms with Crippen LogP contribution >= 0.6 is 0 Å². The van der Waals surface area contributed by atoms with Crippen LogP contribution in [0.3, 0.4) is 0 Å².